The molecule has 4 aromatic carbocycles. The topological polar surface area (TPSA) is 73.4 Å². The molecule has 1 aromatic heterocycles. The molecule has 0 bridgehead atoms. The second-order valence-corrected chi connectivity index (χ2v) is 10.3. The third-order valence-electron chi connectivity index (χ3n) is 8.14. The maximum absolute atomic E-state index is 14.1. The highest BCUT2D eigenvalue weighted by molar-refractivity contribution is 6.48. The van der Waals surface area contributed by atoms with Crippen LogP contribution in [0.15, 0.2) is 108 Å². The first-order valence-corrected chi connectivity index (χ1v) is 13.5. The second-order valence-electron chi connectivity index (χ2n) is 10.3. The Morgan fingerprint density at radius 3 is 2.24 bits per heavy atom. The normalized spacial score (nSPS) is 16.0. The number of allylic oxidation sites excluding steroid dienone is 3. The zero-order valence-electron chi connectivity index (χ0n) is 22.9. The van der Waals surface area contributed by atoms with Crippen LogP contribution in [0.5, 0.6) is 0 Å². The molecule has 1 aliphatic heterocycles. The van der Waals surface area contributed by atoms with Crippen molar-refractivity contribution in [2.45, 2.75) is 13.8 Å². The molecule has 42 heavy (non-hydrogen) atoms. The maximum atomic E-state index is 14.1. The molecular formula is C36H23N4O2+. The quantitative estimate of drug-likeness (QED) is 0.142. The van der Waals surface area contributed by atoms with Crippen molar-refractivity contribution in [3.63, 3.8) is 0 Å². The minimum absolute atomic E-state index is 0.0137. The van der Waals surface area contributed by atoms with Crippen LogP contribution in [0.2, 0.25) is 0 Å². The summed E-state index contributed by atoms with van der Waals surface area (Å²) in [5.74, 6) is -0.215. The fraction of sp³-hybridized carbons (Fsp3) is 0.0556. The maximum Gasteiger partial charge on any atom is 0.219 e. The molecule has 198 valence electrons. The number of aromatic nitrogens is 1. The largest absolute Gasteiger partial charge is 0.506 e. The van der Waals surface area contributed by atoms with Gasteiger partial charge in [-0.25, -0.2) is 4.85 Å². The van der Waals surface area contributed by atoms with Crippen molar-refractivity contribution >= 4 is 50.6 Å². The molecule has 0 amide bonds. The van der Waals surface area contributed by atoms with Crippen molar-refractivity contribution in [3.05, 3.63) is 142 Å². The molecule has 6 nitrogen and oxygen atoms in total. The Labute approximate surface area is 242 Å². The number of fused-ring (bicyclic) bond motifs is 2. The summed E-state index contributed by atoms with van der Waals surface area (Å²) in [7, 11) is 0. The van der Waals surface area contributed by atoms with Crippen molar-refractivity contribution in [1.29, 1.82) is 5.26 Å². The van der Waals surface area contributed by atoms with Gasteiger partial charge in [-0.05, 0) is 43.3 Å². The molecule has 0 radical (unpaired) electrons. The van der Waals surface area contributed by atoms with Crippen LogP contribution in [0.1, 0.15) is 29.3 Å². The summed E-state index contributed by atoms with van der Waals surface area (Å²) in [6.45, 7) is 11.2. The summed E-state index contributed by atoms with van der Waals surface area (Å²) in [5, 5.41) is 21.8. The van der Waals surface area contributed by atoms with E-state index < -0.39 is 0 Å². The average molecular weight is 544 g/mol. The van der Waals surface area contributed by atoms with E-state index >= 15 is 0 Å². The Morgan fingerprint density at radius 2 is 1.55 bits per heavy atom. The van der Waals surface area contributed by atoms with Crippen molar-refractivity contribution < 1.29 is 9.90 Å². The van der Waals surface area contributed by atoms with Crippen LogP contribution < -0.4 is 4.58 Å². The van der Waals surface area contributed by atoms with E-state index in [1.807, 2.05) is 86.6 Å². The Hall–Kier alpha value is -5.98. The number of para-hydroxylation sites is 2. The van der Waals surface area contributed by atoms with Gasteiger partial charge in [-0.3, -0.25) is 4.79 Å². The molecule has 0 fully saturated rings. The minimum Gasteiger partial charge on any atom is -0.506 e. The molecule has 0 unspecified atom stereocenters. The number of nitriles is 1. The van der Waals surface area contributed by atoms with Gasteiger partial charge in [0.15, 0.2) is 11.4 Å². The first-order chi connectivity index (χ1) is 20.4. The van der Waals surface area contributed by atoms with E-state index in [4.69, 9.17) is 6.57 Å². The van der Waals surface area contributed by atoms with Crippen LogP contribution in [0.25, 0.3) is 32.6 Å². The number of hydrogen-bond acceptors (Lipinski definition) is 3. The van der Waals surface area contributed by atoms with Gasteiger partial charge in [0.2, 0.25) is 17.2 Å². The van der Waals surface area contributed by atoms with Crippen LogP contribution >= 0.6 is 0 Å². The molecule has 0 saturated heterocycles. The van der Waals surface area contributed by atoms with E-state index in [1.54, 1.807) is 24.3 Å². The molecule has 0 saturated carbocycles. The summed E-state index contributed by atoms with van der Waals surface area (Å²) in [4.78, 5) is 17.6. The van der Waals surface area contributed by atoms with Gasteiger partial charge < -0.3 is 9.67 Å². The Morgan fingerprint density at radius 1 is 0.857 bits per heavy atom. The number of ketones is 1. The number of rotatable bonds is 3. The molecule has 0 atom stereocenters. The third-order valence-corrected chi connectivity index (χ3v) is 8.14. The van der Waals surface area contributed by atoms with E-state index in [-0.39, 0.29) is 11.5 Å². The highest BCUT2D eigenvalue weighted by atomic mass is 16.3. The summed E-state index contributed by atoms with van der Waals surface area (Å²) in [6, 6.07) is 32.5. The summed E-state index contributed by atoms with van der Waals surface area (Å²) in [6.07, 6.45) is 0. The van der Waals surface area contributed by atoms with Crippen molar-refractivity contribution in [2.24, 2.45) is 0 Å². The van der Waals surface area contributed by atoms with E-state index in [9.17, 15) is 15.2 Å². The lowest BCUT2D eigenvalue weighted by Gasteiger charge is -2.23. The standard InChI is InChI=1S/C36H22N4O2/c1-21-31(27-8-4-6-10-29(27)39(21)25-16-12-23(20-37)13-17-25)33-35(41)34(36(33)42)32-22(2)40(30-11-7-5-9-28(30)32)26-18-14-24(38-3)15-19-26/h4-19H,1-2H3/p+1. The summed E-state index contributed by atoms with van der Waals surface area (Å²) < 4.78 is 4.12. The number of aliphatic hydroxyl groups excluding tert-OH is 1. The average Bonchev–Trinajstić information content (AvgIpc) is 3.47. The molecule has 2 heterocycles. The smallest absolute Gasteiger partial charge is 0.219 e. The van der Waals surface area contributed by atoms with Gasteiger partial charge in [0, 0.05) is 47.5 Å². The molecule has 5 aromatic rings. The van der Waals surface area contributed by atoms with Gasteiger partial charge in [0.25, 0.3) is 0 Å². The van der Waals surface area contributed by atoms with Crippen molar-refractivity contribution in [3.8, 4) is 11.8 Å². The lowest BCUT2D eigenvalue weighted by atomic mass is 9.78. The van der Waals surface area contributed by atoms with Gasteiger partial charge in [-0.1, -0.05) is 42.5 Å². The lowest BCUT2D eigenvalue weighted by Crippen LogP contribution is -2.24. The highest BCUT2D eigenvalue weighted by Gasteiger charge is 2.45. The number of nitrogens with zero attached hydrogens (tertiary/aromatic N) is 4. The fourth-order valence-corrected chi connectivity index (χ4v) is 6.26. The van der Waals surface area contributed by atoms with Crippen LogP contribution in [0.4, 0.5) is 17.1 Å². The van der Waals surface area contributed by atoms with Crippen LogP contribution in [0.3, 0.4) is 0 Å². The number of hydrogen-bond donors (Lipinski definition) is 1. The number of benzene rings is 4. The Balaban J connectivity index is 1.44. The van der Waals surface area contributed by atoms with Crippen molar-refractivity contribution in [2.75, 3.05) is 0 Å². The molecular weight excluding hydrogens is 520 g/mol. The van der Waals surface area contributed by atoms with Crippen LogP contribution in [-0.4, -0.2) is 21.2 Å². The van der Waals surface area contributed by atoms with E-state index in [0.717, 1.165) is 44.9 Å². The first kappa shape index (κ1) is 25.0. The molecule has 6 heteroatoms. The Kier molecular flexibility index (Phi) is 5.54. The molecule has 2 aliphatic rings. The zero-order chi connectivity index (χ0) is 29.1. The lowest BCUT2D eigenvalue weighted by molar-refractivity contribution is -0.111. The predicted molar refractivity (Wildman–Crippen MR) is 165 cm³/mol. The van der Waals surface area contributed by atoms with Gasteiger partial charge >= 0.3 is 0 Å². The molecule has 0 spiro atoms. The minimum atomic E-state index is -0.201. The van der Waals surface area contributed by atoms with E-state index in [1.165, 1.54) is 0 Å². The summed E-state index contributed by atoms with van der Waals surface area (Å²) in [5.41, 5.74) is 9.25. The van der Waals surface area contributed by atoms with Crippen LogP contribution in [-0.2, 0) is 4.79 Å². The van der Waals surface area contributed by atoms with Gasteiger partial charge in [0.1, 0.15) is 5.76 Å². The zero-order valence-corrected chi connectivity index (χ0v) is 22.9. The highest BCUT2D eigenvalue weighted by Crippen LogP contribution is 2.48. The monoisotopic (exact) mass is 543 g/mol. The van der Waals surface area contributed by atoms with Crippen LogP contribution in [0, 0.1) is 24.8 Å². The molecule has 7 rings (SSSR count). The first-order valence-electron chi connectivity index (χ1n) is 13.5. The fourth-order valence-electron chi connectivity index (χ4n) is 6.26. The third kappa shape index (κ3) is 3.43. The van der Waals surface area contributed by atoms with Gasteiger partial charge in [0.05, 0.1) is 46.0 Å². The Bertz CT molecular complexity index is 2180. The SMILES string of the molecule is [C-]#[N+]c1ccc(-n2c(C)c(C3=C(O)C(=C4C(C)=[N+](c5ccc(C#N)cc5)c5ccccc54)C3=O)c3ccccc32)cc1. The molecule has 1 aliphatic carbocycles. The number of carbonyl (C=O) groups is 1. The number of carbonyl (C=O) groups excluding carboxylic acids is 1. The van der Waals surface area contributed by atoms with Gasteiger partial charge in [-0.15, -0.1) is 0 Å². The second kappa shape index (κ2) is 9.30. The summed E-state index contributed by atoms with van der Waals surface area (Å²) >= 11 is 0. The molecule has 1 N–H and O–H groups in total. The van der Waals surface area contributed by atoms with Gasteiger partial charge in [-0.2, -0.15) is 9.84 Å². The van der Waals surface area contributed by atoms with E-state index in [0.29, 0.717) is 33.5 Å². The number of Topliss-reactive ketones (excluding diaryl/α,β-unsaturated/α-hetero) is 1. The van der Waals surface area contributed by atoms with E-state index in [2.05, 4.69) is 20.1 Å². The van der Waals surface area contributed by atoms with Crippen molar-refractivity contribution in [1.82, 2.24) is 9.14 Å². The predicted octanol–water partition coefficient (Wildman–Crippen LogP) is 7.98. The number of aliphatic hydroxyl groups is 1.